The first kappa shape index (κ1) is 32.3. The molecule has 0 saturated carbocycles. The van der Waals surface area contributed by atoms with Gasteiger partial charge in [0.15, 0.2) is 0 Å². The average molecular weight is 735 g/mol. The lowest BCUT2D eigenvalue weighted by Crippen LogP contribution is -2.10. The molecular weight excluding hydrogens is 701 g/mol. The Hall–Kier alpha value is -7.14. The summed E-state index contributed by atoms with van der Waals surface area (Å²) in [4.78, 5) is 4.73. The normalized spacial score (nSPS) is 11.6. The molecule has 0 aliphatic rings. The summed E-state index contributed by atoms with van der Waals surface area (Å²) in [6, 6.07) is 73.8. The highest BCUT2D eigenvalue weighted by Crippen LogP contribution is 2.46. The quantitative estimate of drug-likeness (QED) is 0.163. The molecule has 0 fully saturated rings. The van der Waals surface area contributed by atoms with E-state index in [1.807, 2.05) is 23.5 Å². The van der Waals surface area contributed by atoms with E-state index in [0.29, 0.717) is 0 Å². The van der Waals surface area contributed by atoms with E-state index in [4.69, 9.17) is 4.42 Å². The second-order valence-electron chi connectivity index (χ2n) is 14.1. The van der Waals surface area contributed by atoms with Crippen LogP contribution in [0.2, 0.25) is 0 Å². The fraction of sp³-hybridized carbons (Fsp3) is 0. The third-order valence-electron chi connectivity index (χ3n) is 10.9. The van der Waals surface area contributed by atoms with Crippen molar-refractivity contribution in [1.29, 1.82) is 0 Å². The third-order valence-corrected chi connectivity index (χ3v) is 12.1. The van der Waals surface area contributed by atoms with Gasteiger partial charge in [0.05, 0.1) is 16.1 Å². The number of nitrogens with zero attached hydrogens (tertiary/aromatic N) is 2. The molecule has 11 rings (SSSR count). The molecule has 0 spiro atoms. The van der Waals surface area contributed by atoms with Gasteiger partial charge in [-0.15, -0.1) is 11.3 Å². The lowest BCUT2D eigenvalue weighted by Gasteiger charge is -2.28. The van der Waals surface area contributed by atoms with Crippen molar-refractivity contribution in [2.45, 2.75) is 0 Å². The van der Waals surface area contributed by atoms with Gasteiger partial charge in [0.1, 0.15) is 11.2 Å². The van der Waals surface area contributed by atoms with E-state index in [9.17, 15) is 0 Å². The zero-order valence-corrected chi connectivity index (χ0v) is 31.2. The number of rotatable bonds is 7. The highest BCUT2D eigenvalue weighted by atomic mass is 32.1. The number of anilines is 6. The molecule has 264 valence electrons. The highest BCUT2D eigenvalue weighted by molar-refractivity contribution is 7.26. The fourth-order valence-electron chi connectivity index (χ4n) is 8.29. The van der Waals surface area contributed by atoms with Crippen molar-refractivity contribution >= 4 is 98.3 Å². The van der Waals surface area contributed by atoms with Crippen molar-refractivity contribution in [1.82, 2.24) is 0 Å². The summed E-state index contributed by atoms with van der Waals surface area (Å²) < 4.78 is 8.95. The van der Waals surface area contributed by atoms with Crippen LogP contribution < -0.4 is 9.80 Å². The Bertz CT molecular complexity index is 3200. The molecule has 56 heavy (non-hydrogen) atoms. The van der Waals surface area contributed by atoms with Crippen LogP contribution in [0.4, 0.5) is 34.1 Å². The number of para-hydroxylation sites is 3. The van der Waals surface area contributed by atoms with E-state index in [1.165, 1.54) is 47.8 Å². The van der Waals surface area contributed by atoms with Gasteiger partial charge < -0.3 is 14.2 Å². The molecule has 4 heteroatoms. The number of fused-ring (bicyclic) bond motifs is 7. The monoisotopic (exact) mass is 734 g/mol. The minimum absolute atomic E-state index is 0.874. The van der Waals surface area contributed by atoms with Gasteiger partial charge in [0.25, 0.3) is 0 Å². The molecule has 2 aromatic heterocycles. The van der Waals surface area contributed by atoms with Gasteiger partial charge in [-0.1, -0.05) is 127 Å². The molecule has 0 radical (unpaired) electrons. The van der Waals surface area contributed by atoms with Crippen molar-refractivity contribution in [2.24, 2.45) is 0 Å². The van der Waals surface area contributed by atoms with Crippen molar-refractivity contribution < 1.29 is 4.42 Å². The number of benzene rings is 9. The summed E-state index contributed by atoms with van der Waals surface area (Å²) in [5, 5.41) is 7.20. The SMILES string of the molecule is c1ccc(N(c2ccc3c(c2)oc2ccccc23)c2ccc(-c3ccc(N(c4ccccc4)c4cccc5c4sc4ccccc45)cc3)c3ccccc23)cc1. The first-order valence-electron chi connectivity index (χ1n) is 18.9. The molecule has 9 aromatic carbocycles. The smallest absolute Gasteiger partial charge is 0.137 e. The molecule has 11 aromatic rings. The Morgan fingerprint density at radius 1 is 0.339 bits per heavy atom. The summed E-state index contributed by atoms with van der Waals surface area (Å²) in [6.07, 6.45) is 0. The Kier molecular flexibility index (Phi) is 7.68. The fourth-order valence-corrected chi connectivity index (χ4v) is 9.50. The van der Waals surface area contributed by atoms with Gasteiger partial charge >= 0.3 is 0 Å². The number of furan rings is 1. The maximum Gasteiger partial charge on any atom is 0.137 e. The Morgan fingerprint density at radius 3 is 1.68 bits per heavy atom. The van der Waals surface area contributed by atoms with E-state index in [1.54, 1.807) is 0 Å². The molecular formula is C52H34N2OS. The standard InChI is InChI=1S/C52H34N2OS/c1-3-14-36(15-4-1)53(48-23-13-22-46-45-21-10-12-25-51(45)56-52(46)48)38-28-26-35(27-29-38)40-32-33-47(42-19-8-7-18-41(40)42)54(37-16-5-2-6-17-37)39-30-31-44-43-20-9-11-24-49(43)55-50(44)34-39/h1-34H. The van der Waals surface area contributed by atoms with Crippen molar-refractivity contribution in [2.75, 3.05) is 9.80 Å². The van der Waals surface area contributed by atoms with Crippen molar-refractivity contribution in [3.8, 4) is 11.1 Å². The van der Waals surface area contributed by atoms with E-state index in [0.717, 1.165) is 50.4 Å². The Labute approximate surface area is 328 Å². The molecule has 0 atom stereocenters. The average Bonchev–Trinajstić information content (AvgIpc) is 3.84. The largest absolute Gasteiger partial charge is 0.456 e. The molecule has 0 unspecified atom stereocenters. The first-order valence-corrected chi connectivity index (χ1v) is 19.7. The van der Waals surface area contributed by atoms with E-state index in [-0.39, 0.29) is 0 Å². The van der Waals surface area contributed by atoms with Crippen LogP contribution in [0, 0.1) is 0 Å². The van der Waals surface area contributed by atoms with Gasteiger partial charge in [0, 0.05) is 60.4 Å². The van der Waals surface area contributed by atoms with Crippen molar-refractivity contribution in [3.63, 3.8) is 0 Å². The maximum absolute atomic E-state index is 6.37. The van der Waals surface area contributed by atoms with Gasteiger partial charge in [0.2, 0.25) is 0 Å². The molecule has 0 bridgehead atoms. The van der Waals surface area contributed by atoms with E-state index >= 15 is 0 Å². The Balaban J connectivity index is 1.03. The van der Waals surface area contributed by atoms with Crippen LogP contribution in [-0.4, -0.2) is 0 Å². The minimum Gasteiger partial charge on any atom is -0.456 e. The summed E-state index contributed by atoms with van der Waals surface area (Å²) in [5.41, 5.74) is 10.8. The van der Waals surface area contributed by atoms with Gasteiger partial charge in [-0.05, 0) is 89.3 Å². The van der Waals surface area contributed by atoms with Crippen molar-refractivity contribution in [3.05, 3.63) is 206 Å². The van der Waals surface area contributed by atoms with Crippen LogP contribution in [0.15, 0.2) is 211 Å². The van der Waals surface area contributed by atoms with Crippen LogP contribution >= 0.6 is 11.3 Å². The zero-order chi connectivity index (χ0) is 37.0. The minimum atomic E-state index is 0.874. The summed E-state index contributed by atoms with van der Waals surface area (Å²) in [5.74, 6) is 0. The predicted molar refractivity (Wildman–Crippen MR) is 239 cm³/mol. The molecule has 0 N–H and O–H groups in total. The lowest BCUT2D eigenvalue weighted by molar-refractivity contribution is 0.669. The van der Waals surface area contributed by atoms with Crippen LogP contribution in [-0.2, 0) is 0 Å². The molecule has 0 saturated heterocycles. The van der Waals surface area contributed by atoms with Crippen LogP contribution in [0.3, 0.4) is 0 Å². The second-order valence-corrected chi connectivity index (χ2v) is 15.1. The Morgan fingerprint density at radius 2 is 0.911 bits per heavy atom. The highest BCUT2D eigenvalue weighted by Gasteiger charge is 2.21. The number of thiophene rings is 1. The van der Waals surface area contributed by atoms with E-state index < -0.39 is 0 Å². The first-order chi connectivity index (χ1) is 27.8. The molecule has 0 aliphatic heterocycles. The summed E-state index contributed by atoms with van der Waals surface area (Å²) in [6.45, 7) is 0. The summed E-state index contributed by atoms with van der Waals surface area (Å²) >= 11 is 1.86. The predicted octanol–water partition coefficient (Wildman–Crippen LogP) is 15.7. The van der Waals surface area contributed by atoms with Gasteiger partial charge in [-0.25, -0.2) is 0 Å². The van der Waals surface area contributed by atoms with Crippen LogP contribution in [0.25, 0.3) is 64.0 Å². The van der Waals surface area contributed by atoms with Gasteiger partial charge in [-0.2, -0.15) is 0 Å². The topological polar surface area (TPSA) is 19.6 Å². The zero-order valence-electron chi connectivity index (χ0n) is 30.3. The lowest BCUT2D eigenvalue weighted by atomic mass is 9.96. The summed E-state index contributed by atoms with van der Waals surface area (Å²) in [7, 11) is 0. The van der Waals surface area contributed by atoms with Crippen LogP contribution in [0.1, 0.15) is 0 Å². The molecule has 0 aliphatic carbocycles. The number of hydrogen-bond acceptors (Lipinski definition) is 4. The second kappa shape index (κ2) is 13.3. The molecule has 2 heterocycles. The maximum atomic E-state index is 6.37. The molecule has 0 amide bonds. The molecule has 3 nitrogen and oxygen atoms in total. The van der Waals surface area contributed by atoms with Crippen LogP contribution in [0.5, 0.6) is 0 Å². The van der Waals surface area contributed by atoms with Gasteiger partial charge in [-0.3, -0.25) is 0 Å². The number of hydrogen-bond donors (Lipinski definition) is 0. The van der Waals surface area contributed by atoms with E-state index in [2.05, 4.69) is 204 Å². The third kappa shape index (κ3) is 5.34.